The Morgan fingerprint density at radius 3 is 2.55 bits per heavy atom. The van der Waals surface area contributed by atoms with Crippen molar-refractivity contribution in [2.24, 2.45) is 0 Å². The largest absolute Gasteiger partial charge is 0.508 e. The molecule has 0 aliphatic rings. The molecule has 0 amide bonds. The molecule has 0 spiro atoms. The summed E-state index contributed by atoms with van der Waals surface area (Å²) in [6.07, 6.45) is -0.769. The molecule has 104 valence electrons. The molecule has 0 aliphatic carbocycles. The van der Waals surface area contributed by atoms with E-state index in [0.29, 0.717) is 11.3 Å². The number of rotatable bonds is 5. The number of hydrogen-bond acceptors (Lipinski definition) is 5. The maximum absolute atomic E-state index is 10.6. The Morgan fingerprint density at radius 2 is 1.90 bits per heavy atom. The van der Waals surface area contributed by atoms with Gasteiger partial charge in [0.05, 0.1) is 11.0 Å². The predicted molar refractivity (Wildman–Crippen MR) is 74.7 cm³/mol. The summed E-state index contributed by atoms with van der Waals surface area (Å²) in [6, 6.07) is 12.3. The molecule has 6 heteroatoms. The van der Waals surface area contributed by atoms with Gasteiger partial charge in [0, 0.05) is 24.4 Å². The molecule has 1 unspecified atom stereocenters. The third-order valence-electron chi connectivity index (χ3n) is 2.83. The number of nitrogens with zero attached hydrogens (tertiary/aromatic N) is 1. The van der Waals surface area contributed by atoms with Gasteiger partial charge in [-0.1, -0.05) is 18.2 Å². The van der Waals surface area contributed by atoms with Gasteiger partial charge in [-0.2, -0.15) is 0 Å². The Bertz CT molecular complexity index is 598. The highest BCUT2D eigenvalue weighted by molar-refractivity contribution is 5.51. The molecular weight excluding hydrogens is 260 g/mol. The van der Waals surface area contributed by atoms with Crippen molar-refractivity contribution in [1.29, 1.82) is 0 Å². The molecule has 0 fully saturated rings. The second kappa shape index (κ2) is 6.03. The molecule has 3 N–H and O–H groups in total. The van der Waals surface area contributed by atoms with Crippen LogP contribution in [0.1, 0.15) is 11.7 Å². The summed E-state index contributed by atoms with van der Waals surface area (Å²) >= 11 is 0. The molecule has 0 bridgehead atoms. The Balaban J connectivity index is 1.99. The summed E-state index contributed by atoms with van der Waals surface area (Å²) in [7, 11) is 0. The zero-order valence-electron chi connectivity index (χ0n) is 10.6. The molecule has 0 saturated heterocycles. The van der Waals surface area contributed by atoms with Crippen molar-refractivity contribution in [3.8, 4) is 5.75 Å². The first-order valence-electron chi connectivity index (χ1n) is 6.01. The van der Waals surface area contributed by atoms with E-state index in [1.165, 1.54) is 24.3 Å². The maximum Gasteiger partial charge on any atom is 0.271 e. The van der Waals surface area contributed by atoms with Crippen LogP contribution in [-0.4, -0.2) is 21.7 Å². The fourth-order valence-electron chi connectivity index (χ4n) is 1.76. The lowest BCUT2D eigenvalue weighted by Crippen LogP contribution is -2.12. The van der Waals surface area contributed by atoms with Gasteiger partial charge in [0.2, 0.25) is 0 Å². The molecule has 2 aromatic rings. The van der Waals surface area contributed by atoms with Gasteiger partial charge in [-0.05, 0) is 23.8 Å². The number of phenolic OH excluding ortho intramolecular Hbond substituents is 1. The normalized spacial score (nSPS) is 11.8. The van der Waals surface area contributed by atoms with E-state index >= 15 is 0 Å². The van der Waals surface area contributed by atoms with Gasteiger partial charge >= 0.3 is 0 Å². The molecule has 6 nitrogen and oxygen atoms in total. The average molecular weight is 274 g/mol. The Labute approximate surface area is 115 Å². The van der Waals surface area contributed by atoms with Crippen LogP contribution in [0, 0.1) is 10.1 Å². The molecule has 0 aliphatic heterocycles. The maximum atomic E-state index is 10.6. The van der Waals surface area contributed by atoms with E-state index in [2.05, 4.69) is 5.32 Å². The lowest BCUT2D eigenvalue weighted by Gasteiger charge is -2.13. The van der Waals surface area contributed by atoms with Crippen molar-refractivity contribution in [2.75, 3.05) is 11.9 Å². The van der Waals surface area contributed by atoms with Crippen LogP contribution in [-0.2, 0) is 0 Å². The van der Waals surface area contributed by atoms with Gasteiger partial charge in [0.15, 0.2) is 0 Å². The quantitative estimate of drug-likeness (QED) is 0.575. The number of anilines is 1. The van der Waals surface area contributed by atoms with E-state index in [0.717, 1.165) is 0 Å². The number of non-ortho nitro benzene ring substituents is 1. The number of aromatic hydroxyl groups is 1. The standard InChI is InChI=1S/C14H14N2O4/c17-13-6-4-10(5-7-13)14(18)9-15-11-2-1-3-12(8-11)16(19)20/h1-8,14-15,17-18H,9H2. The summed E-state index contributed by atoms with van der Waals surface area (Å²) < 4.78 is 0. The van der Waals surface area contributed by atoms with E-state index in [9.17, 15) is 15.2 Å². The molecule has 0 saturated carbocycles. The van der Waals surface area contributed by atoms with Gasteiger partial charge in [0.25, 0.3) is 5.69 Å². The van der Waals surface area contributed by atoms with E-state index in [1.807, 2.05) is 0 Å². The summed E-state index contributed by atoms with van der Waals surface area (Å²) in [5, 5.41) is 32.7. The van der Waals surface area contributed by atoms with Gasteiger partial charge in [-0.3, -0.25) is 10.1 Å². The van der Waals surface area contributed by atoms with Crippen molar-refractivity contribution in [3.05, 3.63) is 64.2 Å². The van der Waals surface area contributed by atoms with Crippen LogP contribution in [0.25, 0.3) is 0 Å². The number of aliphatic hydroxyl groups excluding tert-OH is 1. The highest BCUT2D eigenvalue weighted by Gasteiger charge is 2.09. The Kier molecular flexibility index (Phi) is 4.17. The molecule has 20 heavy (non-hydrogen) atoms. The Morgan fingerprint density at radius 1 is 1.20 bits per heavy atom. The summed E-state index contributed by atoms with van der Waals surface area (Å²) in [4.78, 5) is 10.2. The molecule has 2 aromatic carbocycles. The van der Waals surface area contributed by atoms with Crippen LogP contribution < -0.4 is 5.32 Å². The first kappa shape index (κ1) is 13.8. The highest BCUT2D eigenvalue weighted by Crippen LogP contribution is 2.20. The fourth-order valence-corrected chi connectivity index (χ4v) is 1.76. The summed E-state index contributed by atoms with van der Waals surface area (Å²) in [5.74, 6) is 0.132. The van der Waals surface area contributed by atoms with Crippen molar-refractivity contribution >= 4 is 11.4 Å². The molecule has 0 aromatic heterocycles. The number of nitrogens with one attached hydrogen (secondary N) is 1. The number of aliphatic hydroxyl groups is 1. The van der Waals surface area contributed by atoms with Crippen molar-refractivity contribution in [1.82, 2.24) is 0 Å². The van der Waals surface area contributed by atoms with Crippen LogP contribution >= 0.6 is 0 Å². The fraction of sp³-hybridized carbons (Fsp3) is 0.143. The third kappa shape index (κ3) is 3.46. The van der Waals surface area contributed by atoms with Crippen molar-refractivity contribution in [2.45, 2.75) is 6.10 Å². The minimum Gasteiger partial charge on any atom is -0.508 e. The smallest absolute Gasteiger partial charge is 0.271 e. The molecule has 2 rings (SSSR count). The number of benzene rings is 2. The molecule has 0 heterocycles. The molecule has 0 radical (unpaired) electrons. The van der Waals surface area contributed by atoms with E-state index in [-0.39, 0.29) is 18.0 Å². The molecule has 1 atom stereocenters. The predicted octanol–water partition coefficient (Wildman–Crippen LogP) is 2.45. The van der Waals surface area contributed by atoms with Gasteiger partial charge in [-0.15, -0.1) is 0 Å². The summed E-state index contributed by atoms with van der Waals surface area (Å²) in [5.41, 5.74) is 1.21. The van der Waals surface area contributed by atoms with E-state index in [4.69, 9.17) is 5.11 Å². The van der Waals surface area contributed by atoms with E-state index < -0.39 is 11.0 Å². The minimum absolute atomic E-state index is 0.00544. The minimum atomic E-state index is -0.769. The second-order valence-electron chi connectivity index (χ2n) is 4.30. The monoisotopic (exact) mass is 274 g/mol. The van der Waals surface area contributed by atoms with E-state index in [1.54, 1.807) is 24.3 Å². The van der Waals surface area contributed by atoms with Gasteiger partial charge in [0.1, 0.15) is 5.75 Å². The van der Waals surface area contributed by atoms with Crippen LogP contribution in [0.5, 0.6) is 5.75 Å². The second-order valence-corrected chi connectivity index (χ2v) is 4.30. The number of hydrogen-bond donors (Lipinski definition) is 3. The molecular formula is C14H14N2O4. The lowest BCUT2D eigenvalue weighted by atomic mass is 10.1. The topological polar surface area (TPSA) is 95.6 Å². The van der Waals surface area contributed by atoms with Crippen molar-refractivity contribution in [3.63, 3.8) is 0 Å². The highest BCUT2D eigenvalue weighted by atomic mass is 16.6. The first-order chi connectivity index (χ1) is 9.56. The van der Waals surface area contributed by atoms with Crippen LogP contribution in [0.2, 0.25) is 0 Å². The number of nitro groups is 1. The van der Waals surface area contributed by atoms with Gasteiger partial charge < -0.3 is 15.5 Å². The van der Waals surface area contributed by atoms with Gasteiger partial charge in [-0.25, -0.2) is 0 Å². The Hall–Kier alpha value is -2.60. The van der Waals surface area contributed by atoms with Crippen LogP contribution in [0.3, 0.4) is 0 Å². The zero-order valence-corrected chi connectivity index (χ0v) is 10.6. The average Bonchev–Trinajstić information content (AvgIpc) is 2.46. The van der Waals surface area contributed by atoms with Crippen molar-refractivity contribution < 1.29 is 15.1 Å². The summed E-state index contributed by atoms with van der Waals surface area (Å²) in [6.45, 7) is 0.214. The number of nitro benzene ring substituents is 1. The third-order valence-corrected chi connectivity index (χ3v) is 2.83. The zero-order chi connectivity index (χ0) is 14.5. The number of phenols is 1. The SMILES string of the molecule is O=[N+]([O-])c1cccc(NCC(O)c2ccc(O)cc2)c1. The lowest BCUT2D eigenvalue weighted by molar-refractivity contribution is -0.384. The van der Waals surface area contributed by atoms with Crippen LogP contribution in [0.4, 0.5) is 11.4 Å². The van der Waals surface area contributed by atoms with Crippen LogP contribution in [0.15, 0.2) is 48.5 Å². The first-order valence-corrected chi connectivity index (χ1v) is 6.01.